The molecule has 1 aromatic heterocycles. The Hall–Kier alpha value is -0.980. The van der Waals surface area contributed by atoms with Gasteiger partial charge in [-0.2, -0.15) is 4.37 Å². The summed E-state index contributed by atoms with van der Waals surface area (Å²) in [5.41, 5.74) is 6.41. The van der Waals surface area contributed by atoms with Gasteiger partial charge in [0, 0.05) is 4.90 Å². The van der Waals surface area contributed by atoms with E-state index >= 15 is 0 Å². The van der Waals surface area contributed by atoms with E-state index in [0.29, 0.717) is 13.0 Å². The van der Waals surface area contributed by atoms with E-state index in [2.05, 4.69) is 9.36 Å². The molecule has 0 atom stereocenters. The van der Waals surface area contributed by atoms with Gasteiger partial charge in [-0.1, -0.05) is 11.8 Å². The van der Waals surface area contributed by atoms with Gasteiger partial charge in [-0.25, -0.2) is 9.37 Å². The molecule has 16 heavy (non-hydrogen) atoms. The van der Waals surface area contributed by atoms with Crippen LogP contribution < -0.4 is 5.73 Å². The van der Waals surface area contributed by atoms with Crippen molar-refractivity contribution in [2.45, 2.75) is 15.7 Å². The van der Waals surface area contributed by atoms with Crippen LogP contribution in [0.5, 0.6) is 0 Å². The van der Waals surface area contributed by atoms with Crippen LogP contribution in [0.4, 0.5) is 4.39 Å². The van der Waals surface area contributed by atoms with E-state index in [1.165, 1.54) is 41.8 Å². The van der Waals surface area contributed by atoms with Gasteiger partial charge in [0.25, 0.3) is 0 Å². The van der Waals surface area contributed by atoms with Crippen LogP contribution in [0.2, 0.25) is 0 Å². The number of nitrogens with zero attached hydrogens (tertiary/aromatic N) is 2. The van der Waals surface area contributed by atoms with E-state index in [9.17, 15) is 4.39 Å². The Bertz CT molecular complexity index is 459. The van der Waals surface area contributed by atoms with Crippen LogP contribution in [0.3, 0.4) is 0 Å². The molecule has 1 heterocycles. The van der Waals surface area contributed by atoms with E-state index in [-0.39, 0.29) is 5.82 Å². The molecule has 0 unspecified atom stereocenters. The number of halogens is 1. The highest BCUT2D eigenvalue weighted by Crippen LogP contribution is 2.31. The van der Waals surface area contributed by atoms with E-state index < -0.39 is 0 Å². The van der Waals surface area contributed by atoms with Crippen molar-refractivity contribution in [2.24, 2.45) is 5.73 Å². The summed E-state index contributed by atoms with van der Waals surface area (Å²) in [6.45, 7) is 0.507. The summed E-state index contributed by atoms with van der Waals surface area (Å²) < 4.78 is 17.8. The summed E-state index contributed by atoms with van der Waals surface area (Å²) in [4.78, 5) is 5.07. The Morgan fingerprint density at radius 1 is 1.44 bits per heavy atom. The van der Waals surface area contributed by atoms with Gasteiger partial charge < -0.3 is 5.73 Å². The summed E-state index contributed by atoms with van der Waals surface area (Å²) in [5.74, 6) is -0.231. The van der Waals surface area contributed by atoms with Crippen molar-refractivity contribution < 1.29 is 4.39 Å². The monoisotopic (exact) mass is 255 g/mol. The van der Waals surface area contributed by atoms with Crippen molar-refractivity contribution in [3.8, 4) is 0 Å². The van der Waals surface area contributed by atoms with Gasteiger partial charge in [0.1, 0.15) is 12.1 Å². The zero-order valence-electron chi connectivity index (χ0n) is 8.39. The Morgan fingerprint density at radius 3 is 3.00 bits per heavy atom. The quantitative estimate of drug-likeness (QED) is 0.911. The number of nitrogens with two attached hydrogens (primary N) is 1. The average Bonchev–Trinajstić information content (AvgIpc) is 2.75. The van der Waals surface area contributed by atoms with Crippen LogP contribution in [0, 0.1) is 5.82 Å². The molecule has 0 bridgehead atoms. The molecule has 2 rings (SSSR count). The van der Waals surface area contributed by atoms with Crippen molar-refractivity contribution in [1.82, 2.24) is 9.36 Å². The van der Waals surface area contributed by atoms with Crippen LogP contribution in [0.25, 0.3) is 0 Å². The summed E-state index contributed by atoms with van der Waals surface area (Å²) in [6, 6.07) is 4.73. The molecule has 0 aliphatic carbocycles. The van der Waals surface area contributed by atoms with Crippen molar-refractivity contribution in [3.05, 3.63) is 35.9 Å². The molecule has 0 saturated heterocycles. The average molecular weight is 255 g/mol. The van der Waals surface area contributed by atoms with Crippen molar-refractivity contribution >= 4 is 23.3 Å². The molecular weight excluding hydrogens is 245 g/mol. The largest absolute Gasteiger partial charge is 0.330 e. The number of hydrogen-bond acceptors (Lipinski definition) is 5. The molecule has 3 nitrogen and oxygen atoms in total. The van der Waals surface area contributed by atoms with Crippen LogP contribution in [0.15, 0.2) is 33.8 Å². The fraction of sp³-hybridized carbons (Fsp3) is 0.200. The summed E-state index contributed by atoms with van der Waals surface area (Å²) in [6.07, 6.45) is 2.18. The van der Waals surface area contributed by atoms with E-state index in [1.807, 2.05) is 0 Å². The molecule has 2 aromatic rings. The Labute approximate surface area is 101 Å². The normalized spacial score (nSPS) is 10.6. The maximum absolute atomic E-state index is 13.1. The van der Waals surface area contributed by atoms with Crippen molar-refractivity contribution in [1.29, 1.82) is 0 Å². The number of benzene rings is 1. The standard InChI is InChI=1S/C10H10FN3S2/c11-8-1-2-9(7(5-8)3-4-12)15-10-13-6-14-16-10/h1-2,5-6H,3-4,12H2. The van der Waals surface area contributed by atoms with Crippen molar-refractivity contribution in [2.75, 3.05) is 6.54 Å². The second kappa shape index (κ2) is 5.38. The molecule has 0 saturated carbocycles. The molecule has 1 aromatic carbocycles. The lowest BCUT2D eigenvalue weighted by Gasteiger charge is -2.06. The molecule has 0 amide bonds. The first-order valence-corrected chi connectivity index (χ1v) is 6.31. The zero-order chi connectivity index (χ0) is 11.4. The van der Waals surface area contributed by atoms with Gasteiger partial charge in [0.05, 0.1) is 0 Å². The first-order chi connectivity index (χ1) is 7.79. The summed E-state index contributed by atoms with van der Waals surface area (Å²) in [7, 11) is 0. The number of rotatable bonds is 4. The second-order valence-corrected chi connectivity index (χ2v) is 5.17. The molecule has 2 N–H and O–H groups in total. The molecule has 0 spiro atoms. The molecular formula is C10H10FN3S2. The third-order valence-corrected chi connectivity index (χ3v) is 3.81. The lowest BCUT2D eigenvalue weighted by molar-refractivity contribution is 0.623. The highest BCUT2D eigenvalue weighted by Gasteiger charge is 2.07. The van der Waals surface area contributed by atoms with Gasteiger partial charge in [-0.05, 0) is 48.3 Å². The number of aromatic nitrogens is 2. The minimum atomic E-state index is -0.231. The number of hydrogen-bond donors (Lipinski definition) is 1. The lowest BCUT2D eigenvalue weighted by atomic mass is 10.1. The van der Waals surface area contributed by atoms with Crippen molar-refractivity contribution in [3.63, 3.8) is 0 Å². The smallest absolute Gasteiger partial charge is 0.174 e. The fourth-order valence-corrected chi connectivity index (χ4v) is 2.84. The first kappa shape index (κ1) is 11.5. The van der Waals surface area contributed by atoms with E-state index in [1.54, 1.807) is 6.07 Å². The first-order valence-electron chi connectivity index (χ1n) is 4.72. The second-order valence-electron chi connectivity index (χ2n) is 3.10. The van der Waals surface area contributed by atoms with Gasteiger partial charge >= 0.3 is 0 Å². The predicted molar refractivity (Wildman–Crippen MR) is 63.2 cm³/mol. The maximum Gasteiger partial charge on any atom is 0.174 e. The highest BCUT2D eigenvalue weighted by atomic mass is 32.2. The third kappa shape index (κ3) is 2.78. The van der Waals surface area contributed by atoms with Gasteiger partial charge in [-0.15, -0.1) is 0 Å². The molecule has 0 aliphatic rings. The van der Waals surface area contributed by atoms with Crippen LogP contribution in [-0.4, -0.2) is 15.9 Å². The van der Waals surface area contributed by atoms with Gasteiger partial charge in [0.15, 0.2) is 4.34 Å². The van der Waals surface area contributed by atoms with Crippen LogP contribution in [0.1, 0.15) is 5.56 Å². The topological polar surface area (TPSA) is 51.8 Å². The van der Waals surface area contributed by atoms with E-state index in [0.717, 1.165) is 14.8 Å². The molecule has 0 fully saturated rings. The lowest BCUT2D eigenvalue weighted by Crippen LogP contribution is -2.04. The van der Waals surface area contributed by atoms with Crippen LogP contribution in [-0.2, 0) is 6.42 Å². The fourth-order valence-electron chi connectivity index (χ4n) is 1.30. The molecule has 6 heteroatoms. The molecule has 0 radical (unpaired) electrons. The molecule has 84 valence electrons. The maximum atomic E-state index is 13.1. The van der Waals surface area contributed by atoms with E-state index in [4.69, 9.17) is 5.73 Å². The SMILES string of the molecule is NCCc1cc(F)ccc1Sc1ncns1. The van der Waals surface area contributed by atoms with Gasteiger partial charge in [-0.3, -0.25) is 0 Å². The summed E-state index contributed by atoms with van der Waals surface area (Å²) in [5, 5.41) is 0. The predicted octanol–water partition coefficient (Wildman–Crippen LogP) is 2.33. The van der Waals surface area contributed by atoms with Gasteiger partial charge in [0.2, 0.25) is 0 Å². The molecule has 0 aliphatic heterocycles. The highest BCUT2D eigenvalue weighted by molar-refractivity contribution is 8.01. The Morgan fingerprint density at radius 2 is 2.31 bits per heavy atom. The minimum absolute atomic E-state index is 0.231. The Balaban J connectivity index is 2.25. The third-order valence-electron chi connectivity index (χ3n) is 1.97. The summed E-state index contributed by atoms with van der Waals surface area (Å²) >= 11 is 2.82. The minimum Gasteiger partial charge on any atom is -0.330 e. The zero-order valence-corrected chi connectivity index (χ0v) is 10.0. The Kier molecular flexibility index (Phi) is 3.87. The van der Waals surface area contributed by atoms with Crippen LogP contribution >= 0.6 is 23.3 Å².